The zero-order valence-corrected chi connectivity index (χ0v) is 22.3. The molecule has 1 amide bonds. The third-order valence-electron chi connectivity index (χ3n) is 7.24. The number of allylic oxidation sites excluding steroid dienone is 1. The molecule has 0 saturated heterocycles. The number of rotatable bonds is 6. The molecule has 2 aliphatic rings. The van der Waals surface area contributed by atoms with Crippen LogP contribution in [0.2, 0.25) is 0 Å². The van der Waals surface area contributed by atoms with E-state index in [2.05, 4.69) is 11.4 Å². The van der Waals surface area contributed by atoms with E-state index in [0.717, 1.165) is 37.7 Å². The van der Waals surface area contributed by atoms with E-state index in [0.29, 0.717) is 16.9 Å². The standard InChI is InChI=1S/C30H32N4O5/c1-18-14-15-22(33-28(35)20-12-8-5-9-13-20)23(16-18)34-26(30(37)39-3)25(29(36)38-2)24(21(17-31)27(34)32)19-10-6-4-7-11-19/h4,6-7,10-11,14-16,20,24H,5,8-9,12-13,32H2,1-3H3,(H,33,35). The summed E-state index contributed by atoms with van der Waals surface area (Å²) in [4.78, 5) is 41.2. The number of methoxy groups -OCH3 is 2. The molecule has 1 unspecified atom stereocenters. The van der Waals surface area contributed by atoms with Crippen LogP contribution >= 0.6 is 0 Å². The highest BCUT2D eigenvalue weighted by Gasteiger charge is 2.43. The van der Waals surface area contributed by atoms with Gasteiger partial charge < -0.3 is 20.5 Å². The van der Waals surface area contributed by atoms with E-state index in [-0.39, 0.29) is 34.5 Å². The second kappa shape index (κ2) is 11.9. The minimum absolute atomic E-state index is 0.0558. The van der Waals surface area contributed by atoms with Crippen LogP contribution in [0.15, 0.2) is 71.2 Å². The van der Waals surface area contributed by atoms with Gasteiger partial charge in [-0.3, -0.25) is 9.69 Å². The Bertz CT molecular complexity index is 1380. The lowest BCUT2D eigenvalue weighted by molar-refractivity contribution is -0.139. The highest BCUT2D eigenvalue weighted by Crippen LogP contribution is 2.45. The minimum Gasteiger partial charge on any atom is -0.466 e. The second-order valence-corrected chi connectivity index (χ2v) is 9.68. The van der Waals surface area contributed by atoms with Crippen molar-refractivity contribution in [3.05, 3.63) is 82.3 Å². The summed E-state index contributed by atoms with van der Waals surface area (Å²) in [5, 5.41) is 13.3. The van der Waals surface area contributed by atoms with Crippen molar-refractivity contribution in [1.29, 1.82) is 5.26 Å². The number of benzene rings is 2. The molecule has 202 valence electrons. The topological polar surface area (TPSA) is 135 Å². The van der Waals surface area contributed by atoms with Crippen LogP contribution in [0.3, 0.4) is 0 Å². The van der Waals surface area contributed by atoms with Gasteiger partial charge in [-0.1, -0.05) is 55.7 Å². The third-order valence-corrected chi connectivity index (χ3v) is 7.24. The summed E-state index contributed by atoms with van der Waals surface area (Å²) in [7, 11) is 2.40. The summed E-state index contributed by atoms with van der Waals surface area (Å²) >= 11 is 0. The van der Waals surface area contributed by atoms with Crippen LogP contribution < -0.4 is 16.0 Å². The van der Waals surface area contributed by atoms with E-state index < -0.39 is 17.9 Å². The first-order valence-corrected chi connectivity index (χ1v) is 12.9. The highest BCUT2D eigenvalue weighted by molar-refractivity contribution is 6.08. The van der Waals surface area contributed by atoms with Crippen molar-refractivity contribution < 1.29 is 23.9 Å². The monoisotopic (exact) mass is 528 g/mol. The molecular weight excluding hydrogens is 496 g/mol. The van der Waals surface area contributed by atoms with Gasteiger partial charge in [0.2, 0.25) is 5.91 Å². The molecule has 1 heterocycles. The van der Waals surface area contributed by atoms with Gasteiger partial charge in [-0.2, -0.15) is 5.26 Å². The zero-order valence-electron chi connectivity index (χ0n) is 22.3. The lowest BCUT2D eigenvalue weighted by Gasteiger charge is -2.37. The van der Waals surface area contributed by atoms with Gasteiger partial charge in [0.15, 0.2) is 0 Å². The maximum Gasteiger partial charge on any atom is 0.355 e. The van der Waals surface area contributed by atoms with Crippen molar-refractivity contribution in [2.75, 3.05) is 24.4 Å². The van der Waals surface area contributed by atoms with E-state index in [1.54, 1.807) is 42.5 Å². The fraction of sp³-hybridized carbons (Fsp3) is 0.333. The number of esters is 2. The van der Waals surface area contributed by atoms with E-state index in [1.165, 1.54) is 19.1 Å². The summed E-state index contributed by atoms with van der Waals surface area (Å²) in [6.45, 7) is 1.85. The Morgan fingerprint density at radius 1 is 1.00 bits per heavy atom. The maximum absolute atomic E-state index is 13.4. The van der Waals surface area contributed by atoms with Gasteiger partial charge in [0.1, 0.15) is 11.5 Å². The summed E-state index contributed by atoms with van der Waals surface area (Å²) in [5.74, 6) is -2.94. The van der Waals surface area contributed by atoms with Crippen LogP contribution in [0.25, 0.3) is 0 Å². The van der Waals surface area contributed by atoms with Crippen LogP contribution in [0, 0.1) is 24.2 Å². The first-order chi connectivity index (χ1) is 18.8. The molecule has 39 heavy (non-hydrogen) atoms. The smallest absolute Gasteiger partial charge is 0.355 e. The second-order valence-electron chi connectivity index (χ2n) is 9.68. The molecule has 9 nitrogen and oxygen atoms in total. The predicted octanol–water partition coefficient (Wildman–Crippen LogP) is 4.41. The third kappa shape index (κ3) is 5.36. The Morgan fingerprint density at radius 3 is 2.28 bits per heavy atom. The van der Waals surface area contributed by atoms with Crippen molar-refractivity contribution in [3.63, 3.8) is 0 Å². The number of carbonyl (C=O) groups is 3. The van der Waals surface area contributed by atoms with Crippen molar-refractivity contribution in [2.45, 2.75) is 44.9 Å². The van der Waals surface area contributed by atoms with Gasteiger partial charge in [0.25, 0.3) is 0 Å². The quantitative estimate of drug-likeness (QED) is 0.527. The van der Waals surface area contributed by atoms with Crippen LogP contribution in [0.1, 0.15) is 49.1 Å². The normalized spacial score (nSPS) is 17.9. The number of nitriles is 1. The van der Waals surface area contributed by atoms with Gasteiger partial charge in [0, 0.05) is 5.92 Å². The number of hydrogen-bond acceptors (Lipinski definition) is 8. The molecule has 3 N–H and O–H groups in total. The Hall–Kier alpha value is -4.58. The van der Waals surface area contributed by atoms with Crippen molar-refractivity contribution >= 4 is 29.2 Å². The number of ether oxygens (including phenoxy) is 2. The summed E-state index contributed by atoms with van der Waals surface area (Å²) in [6, 6.07) is 16.2. The number of aryl methyl sites for hydroxylation is 1. The molecule has 1 atom stereocenters. The van der Waals surface area contributed by atoms with Crippen LogP contribution in [0.4, 0.5) is 11.4 Å². The number of hydrogen-bond donors (Lipinski definition) is 2. The molecule has 2 aromatic carbocycles. The molecule has 1 aliphatic carbocycles. The summed E-state index contributed by atoms with van der Waals surface area (Å²) in [5.41, 5.74) is 8.53. The number of amides is 1. The molecule has 0 aromatic heterocycles. The minimum atomic E-state index is -0.973. The highest BCUT2D eigenvalue weighted by atomic mass is 16.5. The molecule has 2 aromatic rings. The van der Waals surface area contributed by atoms with Gasteiger partial charge >= 0.3 is 11.9 Å². The lowest BCUT2D eigenvalue weighted by atomic mass is 9.81. The molecule has 1 aliphatic heterocycles. The average molecular weight is 529 g/mol. The van der Waals surface area contributed by atoms with Crippen LogP contribution in [-0.4, -0.2) is 32.1 Å². The van der Waals surface area contributed by atoms with Crippen LogP contribution in [0.5, 0.6) is 0 Å². The van der Waals surface area contributed by atoms with E-state index >= 15 is 0 Å². The molecule has 0 radical (unpaired) electrons. The zero-order chi connectivity index (χ0) is 28.1. The van der Waals surface area contributed by atoms with E-state index in [9.17, 15) is 19.6 Å². The molecule has 1 fully saturated rings. The molecule has 4 rings (SSSR count). The van der Waals surface area contributed by atoms with E-state index in [1.807, 2.05) is 13.0 Å². The number of nitrogens with one attached hydrogen (secondary N) is 1. The molecular formula is C30H32N4O5. The molecule has 0 bridgehead atoms. The lowest BCUT2D eigenvalue weighted by Crippen LogP contribution is -2.41. The number of carbonyl (C=O) groups excluding carboxylic acids is 3. The van der Waals surface area contributed by atoms with Gasteiger partial charge in [-0.15, -0.1) is 0 Å². The number of nitrogens with two attached hydrogens (primary N) is 1. The summed E-state index contributed by atoms with van der Waals surface area (Å²) < 4.78 is 10.2. The van der Waals surface area contributed by atoms with Gasteiger partial charge in [-0.25, -0.2) is 9.59 Å². The Kier molecular flexibility index (Phi) is 8.35. The first kappa shape index (κ1) is 27.5. The van der Waals surface area contributed by atoms with Crippen molar-refractivity contribution in [2.24, 2.45) is 11.7 Å². The fourth-order valence-electron chi connectivity index (χ4n) is 5.30. The largest absolute Gasteiger partial charge is 0.466 e. The van der Waals surface area contributed by atoms with Crippen molar-refractivity contribution in [1.82, 2.24) is 0 Å². The Labute approximate surface area is 227 Å². The van der Waals surface area contributed by atoms with Gasteiger partial charge in [-0.05, 0) is 43.0 Å². The Morgan fingerprint density at radius 2 is 1.67 bits per heavy atom. The molecule has 9 heteroatoms. The fourth-order valence-corrected chi connectivity index (χ4v) is 5.30. The number of nitrogens with zero attached hydrogens (tertiary/aromatic N) is 2. The number of anilines is 2. The molecule has 1 saturated carbocycles. The average Bonchev–Trinajstić information content (AvgIpc) is 2.97. The summed E-state index contributed by atoms with van der Waals surface area (Å²) in [6.07, 6.45) is 4.69. The molecule has 0 spiro atoms. The van der Waals surface area contributed by atoms with Gasteiger partial charge in [0.05, 0.1) is 48.7 Å². The van der Waals surface area contributed by atoms with Crippen molar-refractivity contribution in [3.8, 4) is 6.07 Å². The predicted molar refractivity (Wildman–Crippen MR) is 146 cm³/mol. The maximum atomic E-state index is 13.4. The van der Waals surface area contributed by atoms with E-state index in [4.69, 9.17) is 15.2 Å². The first-order valence-electron chi connectivity index (χ1n) is 12.9. The SMILES string of the molecule is COC(=O)C1=C(C(=O)OC)N(c2cc(C)ccc2NC(=O)C2CCCCC2)C(N)=C(C#N)C1c1ccccc1. The van der Waals surface area contributed by atoms with Crippen LogP contribution in [-0.2, 0) is 23.9 Å². The Balaban J connectivity index is 1.96.